The third-order valence-corrected chi connectivity index (χ3v) is 11.4. The number of alkyl halides is 2. The van der Waals surface area contributed by atoms with Crippen molar-refractivity contribution in [2.24, 2.45) is 0 Å². The molecule has 3 aromatic rings. The minimum Gasteiger partial charge on any atom is -0.470 e. The van der Waals surface area contributed by atoms with Gasteiger partial charge >= 0.3 is 0 Å². The van der Waals surface area contributed by atoms with Gasteiger partial charge < -0.3 is 19.6 Å². The maximum Gasteiger partial charge on any atom is 0.291 e. The highest BCUT2D eigenvalue weighted by atomic mass is 32.2. The molecule has 13 nitrogen and oxygen atoms in total. The van der Waals surface area contributed by atoms with E-state index in [1.54, 1.807) is 11.0 Å². The molecular formula is C28H36F2N8O5S2. The van der Waals surface area contributed by atoms with Gasteiger partial charge in [0.2, 0.25) is 21.0 Å². The van der Waals surface area contributed by atoms with E-state index in [4.69, 9.17) is 4.74 Å². The molecule has 4 aliphatic rings. The summed E-state index contributed by atoms with van der Waals surface area (Å²) in [6.07, 6.45) is 0.811. The normalized spacial score (nSPS) is 21.0. The molecule has 2 N–H and O–H groups in total. The standard InChI is InChI=1S/C28H36F2N8O5S2/c1-27(2,40)25(39)36-10-8-35(9-11-36)19-12-18(45(41,42)34-28(3)6-7-28)13-20-21(19)23(43-17-14-37(15-17)16-4-5-16)33-38(20)26-32-31-24(44-26)22(29)30/h12-13,16-17,22,34,40H,4-11,14-15H2,1-3H3. The second kappa shape index (κ2) is 10.8. The molecule has 0 unspecified atom stereocenters. The molecule has 2 saturated carbocycles. The van der Waals surface area contributed by atoms with Gasteiger partial charge in [0.15, 0.2) is 5.01 Å². The molecule has 7 rings (SSSR count). The summed E-state index contributed by atoms with van der Waals surface area (Å²) in [6.45, 7) is 7.50. The molecule has 2 aromatic heterocycles. The number of amides is 1. The SMILES string of the molecule is CC1(NS(=O)(=O)c2cc(N3CCN(C(=O)C(C)(C)O)CC3)c3c(OC4CN(C5CC5)C4)nn(-c4nnc(C(F)F)s4)c3c2)CC1. The second-order valence-electron chi connectivity index (χ2n) is 13.2. The molecule has 1 aromatic carbocycles. The number of hydrogen-bond donors (Lipinski definition) is 2. The maximum atomic E-state index is 13.7. The smallest absolute Gasteiger partial charge is 0.291 e. The third-order valence-electron chi connectivity index (χ3n) is 8.84. The van der Waals surface area contributed by atoms with Gasteiger partial charge in [0, 0.05) is 50.8 Å². The number of hydrogen-bond acceptors (Lipinski definition) is 11. The first kappa shape index (κ1) is 30.7. The van der Waals surface area contributed by atoms with E-state index in [2.05, 4.69) is 24.9 Å². The Labute approximate surface area is 263 Å². The van der Waals surface area contributed by atoms with Crippen LogP contribution in [0.25, 0.3) is 16.0 Å². The number of benzene rings is 1. The fourth-order valence-electron chi connectivity index (χ4n) is 5.85. The van der Waals surface area contributed by atoms with Crippen LogP contribution in [0.2, 0.25) is 0 Å². The first-order valence-corrected chi connectivity index (χ1v) is 17.4. The minimum atomic E-state index is -3.99. The van der Waals surface area contributed by atoms with Crippen LogP contribution in [0.15, 0.2) is 17.0 Å². The quantitative estimate of drug-likeness (QED) is 0.331. The number of sulfonamides is 1. The number of carbonyl (C=O) groups excluding carboxylic acids is 1. The number of carbonyl (C=O) groups is 1. The van der Waals surface area contributed by atoms with Crippen LogP contribution in [0.5, 0.6) is 5.88 Å². The molecule has 2 aliphatic carbocycles. The summed E-state index contributed by atoms with van der Waals surface area (Å²) in [5.74, 6) is -0.144. The van der Waals surface area contributed by atoms with Crippen molar-refractivity contribution >= 4 is 43.9 Å². The zero-order valence-corrected chi connectivity index (χ0v) is 26.9. The molecule has 17 heteroatoms. The molecule has 45 heavy (non-hydrogen) atoms. The van der Waals surface area contributed by atoms with E-state index >= 15 is 0 Å². The highest BCUT2D eigenvalue weighted by Gasteiger charge is 2.43. The van der Waals surface area contributed by atoms with Gasteiger partial charge in [-0.15, -0.1) is 15.3 Å². The Hall–Kier alpha value is -2.99. The van der Waals surface area contributed by atoms with E-state index in [0.717, 1.165) is 25.9 Å². The number of fused-ring (bicyclic) bond motifs is 1. The van der Waals surface area contributed by atoms with E-state index in [0.29, 0.717) is 60.1 Å². The Morgan fingerprint density at radius 1 is 1.16 bits per heavy atom. The predicted octanol–water partition coefficient (Wildman–Crippen LogP) is 2.29. The lowest BCUT2D eigenvalue weighted by atomic mass is 10.1. The van der Waals surface area contributed by atoms with Crippen LogP contribution >= 0.6 is 11.3 Å². The van der Waals surface area contributed by atoms with Gasteiger partial charge in [-0.1, -0.05) is 11.3 Å². The van der Waals surface area contributed by atoms with E-state index < -0.39 is 38.5 Å². The zero-order chi connectivity index (χ0) is 31.9. The number of ether oxygens (including phenoxy) is 1. The Morgan fingerprint density at radius 3 is 2.42 bits per heavy atom. The van der Waals surface area contributed by atoms with Gasteiger partial charge in [0.05, 0.1) is 21.5 Å². The van der Waals surface area contributed by atoms with Crippen LogP contribution in [0.1, 0.15) is 57.9 Å². The maximum absolute atomic E-state index is 13.7. The van der Waals surface area contributed by atoms with Gasteiger partial charge in [-0.3, -0.25) is 9.69 Å². The van der Waals surface area contributed by atoms with E-state index in [-0.39, 0.29) is 22.0 Å². The lowest BCUT2D eigenvalue weighted by molar-refractivity contribution is -0.148. The molecule has 0 spiro atoms. The number of aromatic nitrogens is 4. The first-order valence-electron chi connectivity index (χ1n) is 15.1. The number of piperazine rings is 1. The monoisotopic (exact) mass is 666 g/mol. The molecular weight excluding hydrogens is 630 g/mol. The molecule has 2 saturated heterocycles. The fraction of sp³-hybridized carbons (Fsp3) is 0.643. The number of aliphatic hydroxyl groups is 1. The summed E-state index contributed by atoms with van der Waals surface area (Å²) in [4.78, 5) is 18.7. The highest BCUT2D eigenvalue weighted by Crippen LogP contribution is 2.42. The van der Waals surface area contributed by atoms with Crippen molar-refractivity contribution in [2.45, 2.75) is 81.1 Å². The Balaban J connectivity index is 1.32. The summed E-state index contributed by atoms with van der Waals surface area (Å²) in [7, 11) is -3.99. The van der Waals surface area contributed by atoms with Crippen LogP contribution in [0, 0.1) is 0 Å². The Kier molecular flexibility index (Phi) is 7.35. The van der Waals surface area contributed by atoms with Gasteiger partial charge in [-0.05, 0) is 58.6 Å². The lowest BCUT2D eigenvalue weighted by Gasteiger charge is -2.39. The Bertz CT molecular complexity index is 1730. The average Bonchev–Trinajstić information content (AvgIpc) is 3.83. The number of nitrogens with zero attached hydrogens (tertiary/aromatic N) is 7. The summed E-state index contributed by atoms with van der Waals surface area (Å²) in [5.41, 5.74) is -1.20. The second-order valence-corrected chi connectivity index (χ2v) is 15.9. The number of anilines is 1. The summed E-state index contributed by atoms with van der Waals surface area (Å²) >= 11 is 0.672. The highest BCUT2D eigenvalue weighted by molar-refractivity contribution is 7.89. The minimum absolute atomic E-state index is 0.0111. The summed E-state index contributed by atoms with van der Waals surface area (Å²) in [5, 5.41) is 22.6. The number of nitrogens with one attached hydrogen (secondary N) is 1. The van der Waals surface area contributed by atoms with Crippen molar-refractivity contribution in [3.05, 3.63) is 17.1 Å². The van der Waals surface area contributed by atoms with Crippen molar-refractivity contribution in [3.8, 4) is 11.0 Å². The third kappa shape index (κ3) is 6.00. The number of halogens is 2. The van der Waals surface area contributed by atoms with Gasteiger partial charge in [0.25, 0.3) is 12.3 Å². The van der Waals surface area contributed by atoms with Crippen LogP contribution in [-0.4, -0.2) is 112 Å². The van der Waals surface area contributed by atoms with Crippen molar-refractivity contribution < 1.29 is 31.8 Å². The van der Waals surface area contributed by atoms with Gasteiger partial charge in [-0.2, -0.15) is 0 Å². The number of rotatable bonds is 10. The largest absolute Gasteiger partial charge is 0.470 e. The fourth-order valence-corrected chi connectivity index (χ4v) is 8.02. The van der Waals surface area contributed by atoms with E-state index in [9.17, 15) is 27.1 Å². The van der Waals surface area contributed by atoms with Crippen LogP contribution in [0.3, 0.4) is 0 Å². The molecule has 4 heterocycles. The molecule has 4 fully saturated rings. The zero-order valence-electron chi connectivity index (χ0n) is 25.2. The van der Waals surface area contributed by atoms with Crippen molar-refractivity contribution in [1.29, 1.82) is 0 Å². The topological polar surface area (TPSA) is 146 Å². The Morgan fingerprint density at radius 2 is 1.84 bits per heavy atom. The summed E-state index contributed by atoms with van der Waals surface area (Å²) < 4.78 is 65.0. The van der Waals surface area contributed by atoms with Crippen LogP contribution in [-0.2, 0) is 14.8 Å². The average molecular weight is 667 g/mol. The van der Waals surface area contributed by atoms with Gasteiger partial charge in [0.1, 0.15) is 11.7 Å². The van der Waals surface area contributed by atoms with Crippen LogP contribution < -0.4 is 14.4 Å². The van der Waals surface area contributed by atoms with Crippen molar-refractivity contribution in [3.63, 3.8) is 0 Å². The van der Waals surface area contributed by atoms with E-state index in [1.165, 1.54) is 37.4 Å². The van der Waals surface area contributed by atoms with E-state index in [1.807, 2.05) is 11.8 Å². The number of likely N-dealkylation sites (tertiary alicyclic amines) is 1. The van der Waals surface area contributed by atoms with Crippen molar-refractivity contribution in [1.82, 2.24) is 34.5 Å². The van der Waals surface area contributed by atoms with Crippen LogP contribution in [0.4, 0.5) is 14.5 Å². The molecule has 1 amide bonds. The molecule has 0 radical (unpaired) electrons. The first-order chi connectivity index (χ1) is 21.2. The molecule has 2 aliphatic heterocycles. The predicted molar refractivity (Wildman–Crippen MR) is 162 cm³/mol. The van der Waals surface area contributed by atoms with Crippen molar-refractivity contribution in [2.75, 3.05) is 44.2 Å². The molecule has 0 bridgehead atoms. The molecule has 244 valence electrons. The lowest BCUT2D eigenvalue weighted by Crippen LogP contribution is -2.54. The summed E-state index contributed by atoms with van der Waals surface area (Å²) in [6, 6.07) is 3.65. The molecule has 0 atom stereocenters. The van der Waals surface area contributed by atoms with Gasteiger partial charge in [-0.25, -0.2) is 26.6 Å².